The fraction of sp³-hybridized carbons (Fsp3) is 0.310. The standard InChI is InChI=1S/C29H32Cl3N3O4S/c1-19(2)16-33-29(37)21(4)34(17-24-25(31)9-7-10-26(24)32)28(36)18-35(27-11-6-5-8-20(27)3)40(38,39)23-14-12-22(30)13-15-23/h5-15,19,21H,16-18H2,1-4H3,(H,33,37)/t21-/m1/s1. The number of aryl methyl sites for hydroxylation is 1. The van der Waals surface area contributed by atoms with Crippen LogP contribution in [0.2, 0.25) is 15.1 Å². The molecular formula is C29H32Cl3N3O4S. The van der Waals surface area contributed by atoms with E-state index in [-0.39, 0.29) is 23.3 Å². The molecule has 40 heavy (non-hydrogen) atoms. The molecule has 11 heteroatoms. The molecule has 0 radical (unpaired) electrons. The van der Waals surface area contributed by atoms with Crippen molar-refractivity contribution in [1.29, 1.82) is 0 Å². The predicted octanol–water partition coefficient (Wildman–Crippen LogP) is 6.34. The Morgan fingerprint density at radius 1 is 0.875 bits per heavy atom. The van der Waals surface area contributed by atoms with E-state index in [0.29, 0.717) is 38.4 Å². The van der Waals surface area contributed by atoms with E-state index in [1.54, 1.807) is 56.3 Å². The van der Waals surface area contributed by atoms with Crippen molar-refractivity contribution in [3.63, 3.8) is 0 Å². The highest BCUT2D eigenvalue weighted by atomic mass is 35.5. The van der Waals surface area contributed by atoms with Crippen molar-refractivity contribution < 1.29 is 18.0 Å². The molecule has 0 unspecified atom stereocenters. The fourth-order valence-electron chi connectivity index (χ4n) is 3.98. The Hall–Kier alpha value is -2.78. The van der Waals surface area contributed by atoms with E-state index in [0.717, 1.165) is 4.31 Å². The summed E-state index contributed by atoms with van der Waals surface area (Å²) in [6, 6.07) is 16.6. The summed E-state index contributed by atoms with van der Waals surface area (Å²) in [5, 5.41) is 3.87. The zero-order valence-electron chi connectivity index (χ0n) is 22.7. The summed E-state index contributed by atoms with van der Waals surface area (Å²) in [6.07, 6.45) is 0. The summed E-state index contributed by atoms with van der Waals surface area (Å²) in [5.41, 5.74) is 1.43. The van der Waals surface area contributed by atoms with E-state index >= 15 is 0 Å². The van der Waals surface area contributed by atoms with E-state index in [1.807, 2.05) is 13.8 Å². The molecule has 3 rings (SSSR count). The Morgan fingerprint density at radius 3 is 2.05 bits per heavy atom. The molecule has 1 atom stereocenters. The summed E-state index contributed by atoms with van der Waals surface area (Å²) >= 11 is 18.8. The largest absolute Gasteiger partial charge is 0.354 e. The van der Waals surface area contributed by atoms with E-state index < -0.39 is 28.5 Å². The normalized spacial score (nSPS) is 12.2. The van der Waals surface area contributed by atoms with Crippen molar-refractivity contribution in [1.82, 2.24) is 10.2 Å². The number of benzene rings is 3. The van der Waals surface area contributed by atoms with Crippen molar-refractivity contribution >= 4 is 62.3 Å². The summed E-state index contributed by atoms with van der Waals surface area (Å²) in [5.74, 6) is -0.795. The molecule has 3 aromatic carbocycles. The van der Waals surface area contributed by atoms with E-state index in [1.165, 1.54) is 29.2 Å². The van der Waals surface area contributed by atoms with Crippen LogP contribution in [-0.4, -0.2) is 44.3 Å². The zero-order chi connectivity index (χ0) is 29.6. The van der Waals surface area contributed by atoms with Gasteiger partial charge in [-0.2, -0.15) is 0 Å². The first-order chi connectivity index (χ1) is 18.8. The molecule has 0 spiro atoms. The van der Waals surface area contributed by atoms with Gasteiger partial charge in [0, 0.05) is 33.7 Å². The van der Waals surface area contributed by atoms with Crippen LogP contribution >= 0.6 is 34.8 Å². The number of carbonyl (C=O) groups is 2. The number of rotatable bonds is 11. The molecule has 0 saturated carbocycles. The number of hydrogen-bond acceptors (Lipinski definition) is 4. The Morgan fingerprint density at radius 2 is 1.48 bits per heavy atom. The van der Waals surface area contributed by atoms with Crippen molar-refractivity contribution in [2.24, 2.45) is 5.92 Å². The third-order valence-electron chi connectivity index (χ3n) is 6.31. The molecule has 2 amide bonds. The molecule has 0 bridgehead atoms. The second-order valence-corrected chi connectivity index (χ2v) is 12.9. The van der Waals surface area contributed by atoms with Crippen LogP contribution in [0.25, 0.3) is 0 Å². The summed E-state index contributed by atoms with van der Waals surface area (Å²) < 4.78 is 28.8. The second kappa shape index (κ2) is 13.7. The third-order valence-corrected chi connectivity index (χ3v) is 9.04. The van der Waals surface area contributed by atoms with Crippen LogP contribution in [0.1, 0.15) is 31.9 Å². The number of nitrogens with zero attached hydrogens (tertiary/aromatic N) is 2. The maximum absolute atomic E-state index is 14.0. The van der Waals surface area contributed by atoms with E-state index in [2.05, 4.69) is 5.32 Å². The van der Waals surface area contributed by atoms with Gasteiger partial charge < -0.3 is 10.2 Å². The Balaban J connectivity index is 2.06. The topological polar surface area (TPSA) is 86.8 Å². The van der Waals surface area contributed by atoms with Gasteiger partial charge in [-0.25, -0.2) is 8.42 Å². The van der Waals surface area contributed by atoms with Gasteiger partial charge in [-0.15, -0.1) is 0 Å². The molecule has 0 heterocycles. The van der Waals surface area contributed by atoms with Gasteiger partial charge in [-0.3, -0.25) is 13.9 Å². The van der Waals surface area contributed by atoms with Gasteiger partial charge >= 0.3 is 0 Å². The molecule has 0 aliphatic heterocycles. The highest BCUT2D eigenvalue weighted by Gasteiger charge is 2.33. The van der Waals surface area contributed by atoms with Gasteiger partial charge in [0.15, 0.2) is 0 Å². The van der Waals surface area contributed by atoms with Crippen LogP contribution in [-0.2, 0) is 26.2 Å². The summed E-state index contributed by atoms with van der Waals surface area (Å²) in [7, 11) is -4.20. The van der Waals surface area contributed by atoms with Gasteiger partial charge in [0.05, 0.1) is 10.6 Å². The Bertz CT molecular complexity index is 1440. The van der Waals surface area contributed by atoms with Crippen LogP contribution in [0, 0.1) is 12.8 Å². The Labute approximate surface area is 251 Å². The van der Waals surface area contributed by atoms with E-state index in [4.69, 9.17) is 34.8 Å². The number of sulfonamides is 1. The van der Waals surface area contributed by atoms with Crippen molar-refractivity contribution in [2.75, 3.05) is 17.4 Å². The first kappa shape index (κ1) is 31.7. The van der Waals surface area contributed by atoms with Gasteiger partial charge in [-0.05, 0) is 67.8 Å². The predicted molar refractivity (Wildman–Crippen MR) is 161 cm³/mol. The number of para-hydroxylation sites is 1. The molecule has 0 aliphatic rings. The molecule has 214 valence electrons. The van der Waals surface area contributed by atoms with Crippen molar-refractivity contribution in [3.05, 3.63) is 92.9 Å². The quantitative estimate of drug-likeness (QED) is 0.270. The SMILES string of the molecule is Cc1ccccc1N(CC(=O)N(Cc1c(Cl)cccc1Cl)[C@H](C)C(=O)NCC(C)C)S(=O)(=O)c1ccc(Cl)cc1. The minimum atomic E-state index is -4.20. The van der Waals surface area contributed by atoms with Gasteiger partial charge in [0.2, 0.25) is 11.8 Å². The maximum Gasteiger partial charge on any atom is 0.264 e. The van der Waals surface area contributed by atoms with Crippen LogP contribution in [0.15, 0.2) is 71.6 Å². The lowest BCUT2D eigenvalue weighted by Crippen LogP contribution is -2.51. The molecule has 3 aromatic rings. The lowest BCUT2D eigenvalue weighted by Gasteiger charge is -2.33. The number of anilines is 1. The summed E-state index contributed by atoms with van der Waals surface area (Å²) in [4.78, 5) is 28.4. The van der Waals surface area contributed by atoms with Gasteiger partial charge in [-0.1, -0.05) is 72.9 Å². The minimum absolute atomic E-state index is 0.0311. The highest BCUT2D eigenvalue weighted by Crippen LogP contribution is 2.30. The molecule has 1 N–H and O–H groups in total. The fourth-order valence-corrected chi connectivity index (χ4v) is 6.10. The molecule has 0 saturated heterocycles. The lowest BCUT2D eigenvalue weighted by molar-refractivity contribution is -0.139. The Kier molecular flexibility index (Phi) is 10.9. The average Bonchev–Trinajstić information content (AvgIpc) is 2.90. The van der Waals surface area contributed by atoms with Crippen LogP contribution in [0.4, 0.5) is 5.69 Å². The maximum atomic E-state index is 14.0. The van der Waals surface area contributed by atoms with Crippen molar-refractivity contribution in [2.45, 2.75) is 45.2 Å². The van der Waals surface area contributed by atoms with Crippen LogP contribution in [0.5, 0.6) is 0 Å². The number of nitrogens with one attached hydrogen (secondary N) is 1. The molecular weight excluding hydrogens is 593 g/mol. The lowest BCUT2D eigenvalue weighted by atomic mass is 10.1. The number of halogens is 3. The first-order valence-corrected chi connectivity index (χ1v) is 15.2. The van der Waals surface area contributed by atoms with Gasteiger partial charge in [0.1, 0.15) is 12.6 Å². The first-order valence-electron chi connectivity index (χ1n) is 12.7. The smallest absolute Gasteiger partial charge is 0.264 e. The van der Waals surface area contributed by atoms with Gasteiger partial charge in [0.25, 0.3) is 10.0 Å². The molecule has 0 fully saturated rings. The third kappa shape index (κ3) is 7.69. The average molecular weight is 625 g/mol. The number of hydrogen-bond donors (Lipinski definition) is 1. The molecule has 0 aromatic heterocycles. The highest BCUT2D eigenvalue weighted by molar-refractivity contribution is 7.92. The van der Waals surface area contributed by atoms with Crippen molar-refractivity contribution in [3.8, 4) is 0 Å². The number of amides is 2. The summed E-state index contributed by atoms with van der Waals surface area (Å²) in [6.45, 7) is 7.00. The van der Waals surface area contributed by atoms with Crippen LogP contribution in [0.3, 0.4) is 0 Å². The zero-order valence-corrected chi connectivity index (χ0v) is 25.8. The minimum Gasteiger partial charge on any atom is -0.354 e. The monoisotopic (exact) mass is 623 g/mol. The second-order valence-electron chi connectivity index (χ2n) is 9.79. The number of carbonyl (C=O) groups excluding carboxylic acids is 2. The van der Waals surface area contributed by atoms with Crippen LogP contribution < -0.4 is 9.62 Å². The van der Waals surface area contributed by atoms with E-state index in [9.17, 15) is 18.0 Å². The molecule has 7 nitrogen and oxygen atoms in total. The molecule has 0 aliphatic carbocycles.